The third kappa shape index (κ3) is 9.46. The first-order valence-corrected chi connectivity index (χ1v) is 22.9. The number of nitrogens with one attached hydrogen (secondary N) is 2. The van der Waals surface area contributed by atoms with Gasteiger partial charge in [0.2, 0.25) is 0 Å². The Morgan fingerprint density at radius 3 is 2.48 bits per heavy atom. The first-order chi connectivity index (χ1) is 25.8. The van der Waals surface area contributed by atoms with E-state index in [4.69, 9.17) is 24.2 Å². The highest BCUT2D eigenvalue weighted by molar-refractivity contribution is 6.76. The maximum absolute atomic E-state index is 13.4. The summed E-state index contributed by atoms with van der Waals surface area (Å²) in [6, 6.07) is 14.9. The number of piperidine rings is 2. The zero-order valence-electron chi connectivity index (χ0n) is 32.4. The van der Waals surface area contributed by atoms with Crippen molar-refractivity contribution in [1.82, 2.24) is 29.7 Å². The normalized spacial score (nSPS) is 20.4. The van der Waals surface area contributed by atoms with Crippen molar-refractivity contribution in [3.8, 4) is 11.3 Å². The van der Waals surface area contributed by atoms with Crippen LogP contribution in [0, 0.1) is 0 Å². The van der Waals surface area contributed by atoms with Gasteiger partial charge in [-0.15, -0.1) is 0 Å². The number of carbonyl (C=O) groups is 2. The average molecular weight is 755 g/mol. The van der Waals surface area contributed by atoms with Crippen LogP contribution in [-0.4, -0.2) is 101 Å². The van der Waals surface area contributed by atoms with Crippen LogP contribution in [-0.2, 0) is 27.5 Å². The molecule has 4 aliphatic heterocycles. The SMILES string of the molecule is CC(C)(C)OC(=O)N[C@@H]1CCCN(Cc2ccnc(C(=O)Nc3ccc(-c4cc5c(N6CC7CC(C6)O7)ncnc5n4COCC[Si](C)(C)C)cc3)c2)C1. The third-order valence-corrected chi connectivity index (χ3v) is 11.8. The van der Waals surface area contributed by atoms with Gasteiger partial charge < -0.3 is 34.3 Å². The van der Waals surface area contributed by atoms with Crippen LogP contribution >= 0.6 is 0 Å². The molecule has 13 nitrogen and oxygen atoms in total. The minimum atomic E-state index is -1.25. The number of ether oxygens (including phenoxy) is 3. The minimum absolute atomic E-state index is 0.00940. The smallest absolute Gasteiger partial charge is 0.407 e. The minimum Gasteiger partial charge on any atom is -0.444 e. The van der Waals surface area contributed by atoms with Gasteiger partial charge >= 0.3 is 6.09 Å². The number of hydrogen-bond donors (Lipinski definition) is 2. The molecular formula is C40H54N8O5Si. The van der Waals surface area contributed by atoms with E-state index in [1.54, 1.807) is 12.5 Å². The Hall–Kier alpha value is -4.37. The summed E-state index contributed by atoms with van der Waals surface area (Å²) < 4.78 is 19.8. The van der Waals surface area contributed by atoms with E-state index in [0.29, 0.717) is 37.8 Å². The predicted molar refractivity (Wildman–Crippen MR) is 212 cm³/mol. The number of likely N-dealkylation sites (tertiary alicyclic amines) is 1. The van der Waals surface area contributed by atoms with Gasteiger partial charge in [-0.25, -0.2) is 14.8 Å². The molecule has 0 spiro atoms. The number of benzene rings is 1. The summed E-state index contributed by atoms with van der Waals surface area (Å²) in [5.41, 5.74) is 4.26. The van der Waals surface area contributed by atoms with E-state index in [0.717, 1.165) is 78.6 Å². The van der Waals surface area contributed by atoms with Crippen LogP contribution in [0.5, 0.6) is 0 Å². The predicted octanol–water partition coefficient (Wildman–Crippen LogP) is 6.52. The first-order valence-electron chi connectivity index (χ1n) is 19.2. The Morgan fingerprint density at radius 1 is 1.00 bits per heavy atom. The molecule has 4 fully saturated rings. The Kier molecular flexibility index (Phi) is 11.1. The molecule has 288 valence electrons. The molecule has 1 aromatic carbocycles. The van der Waals surface area contributed by atoms with Crippen LogP contribution in [0.3, 0.4) is 0 Å². The number of hydrogen-bond acceptors (Lipinski definition) is 10. The summed E-state index contributed by atoms with van der Waals surface area (Å²) in [7, 11) is -1.25. The third-order valence-electron chi connectivity index (χ3n) is 10.1. The molecule has 8 rings (SSSR count). The van der Waals surface area contributed by atoms with Crippen molar-refractivity contribution in [3.05, 3.63) is 66.2 Å². The summed E-state index contributed by atoms with van der Waals surface area (Å²) in [4.78, 5) is 44.2. The van der Waals surface area contributed by atoms with Gasteiger partial charge in [0.25, 0.3) is 5.91 Å². The number of alkyl carbamates (subject to hydrolysis) is 1. The highest BCUT2D eigenvalue weighted by atomic mass is 28.3. The van der Waals surface area contributed by atoms with Crippen LogP contribution in [0.25, 0.3) is 22.3 Å². The number of morpholine rings is 1. The lowest BCUT2D eigenvalue weighted by Gasteiger charge is -2.47. The molecule has 4 aliphatic rings. The summed E-state index contributed by atoms with van der Waals surface area (Å²) in [5, 5.41) is 7.03. The second-order valence-corrected chi connectivity index (χ2v) is 22.7. The van der Waals surface area contributed by atoms with Gasteiger partial charge in [-0.2, -0.15) is 0 Å². The molecule has 7 heterocycles. The lowest BCUT2D eigenvalue weighted by atomic mass is 9.98. The van der Waals surface area contributed by atoms with Crippen LogP contribution in [0.4, 0.5) is 16.3 Å². The Bertz CT molecular complexity index is 1940. The fraction of sp³-hybridized carbons (Fsp3) is 0.525. The van der Waals surface area contributed by atoms with Crippen molar-refractivity contribution >= 4 is 42.6 Å². The van der Waals surface area contributed by atoms with E-state index < -0.39 is 19.8 Å². The average Bonchev–Trinajstić information content (AvgIpc) is 3.48. The highest BCUT2D eigenvalue weighted by Crippen LogP contribution is 2.36. The quantitative estimate of drug-likeness (QED) is 0.122. The van der Waals surface area contributed by atoms with Crippen molar-refractivity contribution in [1.29, 1.82) is 0 Å². The molecule has 0 radical (unpaired) electrons. The van der Waals surface area contributed by atoms with Gasteiger partial charge in [0, 0.05) is 65.2 Å². The van der Waals surface area contributed by atoms with Crippen LogP contribution in [0.1, 0.15) is 56.1 Å². The van der Waals surface area contributed by atoms with Crippen molar-refractivity contribution in [2.45, 2.75) is 103 Å². The van der Waals surface area contributed by atoms with Crippen molar-refractivity contribution in [2.24, 2.45) is 0 Å². The van der Waals surface area contributed by atoms with Crippen LogP contribution < -0.4 is 15.5 Å². The molecular weight excluding hydrogens is 701 g/mol. The molecule has 4 aromatic rings. The van der Waals surface area contributed by atoms with Gasteiger partial charge in [0.05, 0.1) is 23.3 Å². The van der Waals surface area contributed by atoms with Crippen molar-refractivity contribution in [2.75, 3.05) is 43.0 Å². The lowest BCUT2D eigenvalue weighted by Crippen LogP contribution is -2.57. The number of nitrogens with zero attached hydrogens (tertiary/aromatic N) is 6. The molecule has 2 amide bonds. The van der Waals surface area contributed by atoms with Gasteiger partial charge in [0.15, 0.2) is 0 Å². The molecule has 0 saturated carbocycles. The largest absolute Gasteiger partial charge is 0.444 e. The van der Waals surface area contributed by atoms with Gasteiger partial charge in [-0.3, -0.25) is 14.7 Å². The summed E-state index contributed by atoms with van der Waals surface area (Å²) in [6.07, 6.45) is 6.43. The molecule has 4 saturated heterocycles. The number of rotatable bonds is 12. The van der Waals surface area contributed by atoms with Gasteiger partial charge in [-0.1, -0.05) is 31.8 Å². The van der Waals surface area contributed by atoms with E-state index in [2.05, 4.69) is 55.7 Å². The number of carbonyl (C=O) groups excluding carboxylic acids is 2. The zero-order valence-corrected chi connectivity index (χ0v) is 33.4. The van der Waals surface area contributed by atoms with Crippen molar-refractivity contribution < 1.29 is 23.8 Å². The first kappa shape index (κ1) is 37.9. The van der Waals surface area contributed by atoms with Crippen LogP contribution in [0.15, 0.2) is 55.0 Å². The second kappa shape index (κ2) is 15.8. The second-order valence-electron chi connectivity index (χ2n) is 17.1. The fourth-order valence-corrected chi connectivity index (χ4v) is 8.16. The molecule has 3 aromatic heterocycles. The summed E-state index contributed by atoms with van der Waals surface area (Å²) in [6.45, 7) is 17.6. The maximum Gasteiger partial charge on any atom is 0.407 e. The lowest BCUT2D eigenvalue weighted by molar-refractivity contribution is -0.133. The van der Waals surface area contributed by atoms with E-state index >= 15 is 0 Å². The summed E-state index contributed by atoms with van der Waals surface area (Å²) >= 11 is 0. The monoisotopic (exact) mass is 754 g/mol. The molecule has 2 bridgehead atoms. The fourth-order valence-electron chi connectivity index (χ4n) is 7.40. The Labute approximate surface area is 318 Å². The maximum atomic E-state index is 13.4. The number of amides is 2. The number of anilines is 2. The standard InChI is InChI=1S/C40H54N8O5Si/c1-40(2,3)53-39(50)45-30-8-7-15-46(22-30)21-27-13-14-41-34(18-27)38(49)44-29-11-9-28(10-12-29)35-20-33-36(47-23-31-19-32(24-47)52-31)42-25-43-37(33)48(35)26-51-16-17-54(4,5)6/h9-14,18,20,25,30-32H,7-8,15-17,19,21-24,26H2,1-6H3,(H,44,49)(H,45,50)/t30-,31?,32?/m1/s1. The molecule has 3 atom stereocenters. The molecule has 0 aliphatic carbocycles. The zero-order chi connectivity index (χ0) is 38.0. The topological polar surface area (TPSA) is 136 Å². The number of pyridine rings is 1. The van der Waals surface area contributed by atoms with Crippen molar-refractivity contribution in [3.63, 3.8) is 0 Å². The number of fused-ring (bicyclic) bond motifs is 3. The highest BCUT2D eigenvalue weighted by Gasteiger charge is 2.39. The van der Waals surface area contributed by atoms with Gasteiger partial charge in [-0.05, 0) is 87.7 Å². The molecule has 2 N–H and O–H groups in total. The van der Waals surface area contributed by atoms with Gasteiger partial charge in [0.1, 0.15) is 35.8 Å². The molecule has 14 heteroatoms. The summed E-state index contributed by atoms with van der Waals surface area (Å²) in [5.74, 6) is 0.650. The van der Waals surface area contributed by atoms with E-state index in [-0.39, 0.29) is 24.2 Å². The van der Waals surface area contributed by atoms with Crippen LogP contribution in [0.2, 0.25) is 25.7 Å². The Morgan fingerprint density at radius 2 is 1.76 bits per heavy atom. The molecule has 54 heavy (non-hydrogen) atoms. The Balaban J connectivity index is 1.03. The molecule has 2 unspecified atom stereocenters. The van der Waals surface area contributed by atoms with E-state index in [1.165, 1.54) is 0 Å². The van der Waals surface area contributed by atoms with E-state index in [9.17, 15) is 9.59 Å². The number of aromatic nitrogens is 4. The van der Waals surface area contributed by atoms with E-state index in [1.807, 2.05) is 57.2 Å².